The topological polar surface area (TPSA) is 66.4 Å². The Balaban J connectivity index is 4.31. The number of hydrogen-bond donors (Lipinski definition) is 2. The van der Waals surface area contributed by atoms with Gasteiger partial charge in [-0.3, -0.25) is 0 Å². The highest BCUT2D eigenvalue weighted by atomic mass is 35.5. The summed E-state index contributed by atoms with van der Waals surface area (Å²) in [6.07, 6.45) is 2.35. The summed E-state index contributed by atoms with van der Waals surface area (Å²) >= 11 is 5.49. The van der Waals surface area contributed by atoms with Gasteiger partial charge in [-0.15, -0.1) is 11.6 Å². The monoisotopic (exact) mass is 271 g/mol. The predicted molar refractivity (Wildman–Crippen MR) is 67.3 cm³/mol. The van der Waals surface area contributed by atoms with Crippen LogP contribution in [0.3, 0.4) is 0 Å². The number of unbranched alkanes of at least 4 members (excludes halogenated alkanes) is 1. The van der Waals surface area contributed by atoms with Gasteiger partial charge in [0.2, 0.25) is 10.0 Å². The number of nitrogens with one attached hydrogen (secondary N) is 1. The molecule has 0 aliphatic carbocycles. The first kappa shape index (κ1) is 16.2. The maximum absolute atomic E-state index is 11.7. The zero-order valence-corrected chi connectivity index (χ0v) is 11.6. The largest absolute Gasteiger partial charge is 0.396 e. The van der Waals surface area contributed by atoms with Crippen LogP contribution in [0.1, 0.15) is 39.5 Å². The smallest absolute Gasteiger partial charge is 0.212 e. The molecule has 0 fully saturated rings. The summed E-state index contributed by atoms with van der Waals surface area (Å²) in [5.41, 5.74) is -0.547. The molecular weight excluding hydrogens is 250 g/mol. The van der Waals surface area contributed by atoms with E-state index in [-0.39, 0.29) is 12.4 Å². The van der Waals surface area contributed by atoms with Crippen molar-refractivity contribution in [2.24, 2.45) is 0 Å². The highest BCUT2D eigenvalue weighted by Gasteiger charge is 2.26. The van der Waals surface area contributed by atoms with E-state index in [4.69, 9.17) is 16.7 Å². The fourth-order valence-electron chi connectivity index (χ4n) is 1.36. The average molecular weight is 272 g/mol. The molecule has 0 amide bonds. The lowest BCUT2D eigenvalue weighted by Crippen LogP contribution is -2.46. The van der Waals surface area contributed by atoms with Crippen molar-refractivity contribution in [1.29, 1.82) is 0 Å². The molecule has 0 aromatic rings. The zero-order chi connectivity index (χ0) is 12.7. The quantitative estimate of drug-likeness (QED) is 0.493. The second-order valence-electron chi connectivity index (χ2n) is 4.20. The third kappa shape index (κ3) is 6.68. The minimum atomic E-state index is -3.27. The Morgan fingerprint density at radius 3 is 2.44 bits per heavy atom. The summed E-state index contributed by atoms with van der Waals surface area (Å²) in [7, 11) is -3.27. The maximum atomic E-state index is 11.7. The Bertz CT molecular complexity index is 282. The van der Waals surface area contributed by atoms with E-state index >= 15 is 0 Å². The molecule has 6 heteroatoms. The molecule has 1 atom stereocenters. The molecule has 0 saturated carbocycles. The van der Waals surface area contributed by atoms with Gasteiger partial charge in [0.25, 0.3) is 0 Å². The van der Waals surface area contributed by atoms with Gasteiger partial charge < -0.3 is 5.11 Å². The van der Waals surface area contributed by atoms with E-state index in [1.54, 1.807) is 0 Å². The van der Waals surface area contributed by atoms with Crippen molar-refractivity contribution in [3.63, 3.8) is 0 Å². The van der Waals surface area contributed by atoms with Gasteiger partial charge in [0.15, 0.2) is 0 Å². The Labute approximate surface area is 103 Å². The Morgan fingerprint density at radius 1 is 1.38 bits per heavy atom. The first-order valence-electron chi connectivity index (χ1n) is 5.57. The first-order valence-corrected chi connectivity index (χ1v) is 7.76. The number of hydrogen-bond acceptors (Lipinski definition) is 3. The van der Waals surface area contributed by atoms with E-state index in [2.05, 4.69) is 4.72 Å². The molecular formula is C10H22ClNO3S. The minimum Gasteiger partial charge on any atom is -0.396 e. The highest BCUT2D eigenvalue weighted by Crippen LogP contribution is 2.15. The van der Waals surface area contributed by atoms with Crippen LogP contribution in [0.15, 0.2) is 0 Å². The normalized spacial score (nSPS) is 16.0. The van der Waals surface area contributed by atoms with Crippen LogP contribution in [0.2, 0.25) is 0 Å². The molecule has 0 aromatic heterocycles. The lowest BCUT2D eigenvalue weighted by atomic mass is 9.97. The number of sulfonamides is 1. The van der Waals surface area contributed by atoms with Crippen LogP contribution in [0.4, 0.5) is 0 Å². The van der Waals surface area contributed by atoms with E-state index < -0.39 is 15.6 Å². The number of halogens is 1. The van der Waals surface area contributed by atoms with Gasteiger partial charge in [-0.2, -0.15) is 0 Å². The first-order chi connectivity index (χ1) is 7.39. The molecule has 0 rings (SSSR count). The molecule has 2 N–H and O–H groups in total. The molecule has 0 heterocycles. The molecule has 0 aromatic carbocycles. The van der Waals surface area contributed by atoms with Crippen LogP contribution in [-0.4, -0.2) is 37.3 Å². The Hall–Kier alpha value is 0.160. The zero-order valence-electron chi connectivity index (χ0n) is 10.00. The predicted octanol–water partition coefficient (Wildman–Crippen LogP) is 1.48. The Morgan fingerprint density at radius 2 is 2.00 bits per heavy atom. The summed E-state index contributed by atoms with van der Waals surface area (Å²) in [5.74, 6) is 0.581. The van der Waals surface area contributed by atoms with Crippen molar-refractivity contribution in [3.8, 4) is 0 Å². The molecule has 1 unspecified atom stereocenters. The van der Waals surface area contributed by atoms with E-state index in [9.17, 15) is 8.42 Å². The molecule has 16 heavy (non-hydrogen) atoms. The summed E-state index contributed by atoms with van der Waals surface area (Å²) in [6, 6.07) is 0. The summed E-state index contributed by atoms with van der Waals surface area (Å²) in [4.78, 5) is 0. The van der Waals surface area contributed by atoms with Crippen molar-refractivity contribution in [1.82, 2.24) is 4.72 Å². The van der Waals surface area contributed by atoms with Crippen molar-refractivity contribution < 1.29 is 13.5 Å². The van der Waals surface area contributed by atoms with Crippen LogP contribution in [-0.2, 0) is 10.0 Å². The van der Waals surface area contributed by atoms with Crippen LogP contribution in [0.5, 0.6) is 0 Å². The molecule has 0 saturated heterocycles. The second-order valence-corrected chi connectivity index (χ2v) is 6.42. The lowest BCUT2D eigenvalue weighted by molar-refractivity contribution is 0.233. The average Bonchev–Trinajstić information content (AvgIpc) is 2.17. The van der Waals surface area contributed by atoms with Crippen molar-refractivity contribution in [3.05, 3.63) is 0 Å². The Kier molecular flexibility index (Phi) is 7.55. The third-order valence-electron chi connectivity index (χ3n) is 2.64. The maximum Gasteiger partial charge on any atom is 0.212 e. The molecule has 0 spiro atoms. The third-order valence-corrected chi connectivity index (χ3v) is 4.54. The van der Waals surface area contributed by atoms with Crippen LogP contribution < -0.4 is 4.72 Å². The SMILES string of the molecule is CCC(C)(CCO)NS(=O)(=O)CCCCCl. The van der Waals surface area contributed by atoms with Gasteiger partial charge in [-0.05, 0) is 32.6 Å². The number of aliphatic hydroxyl groups excluding tert-OH is 1. The van der Waals surface area contributed by atoms with E-state index in [0.717, 1.165) is 0 Å². The van der Waals surface area contributed by atoms with Gasteiger partial charge in [0, 0.05) is 18.0 Å². The highest BCUT2D eigenvalue weighted by molar-refractivity contribution is 7.89. The summed E-state index contributed by atoms with van der Waals surface area (Å²) in [6.45, 7) is 3.69. The summed E-state index contributed by atoms with van der Waals surface area (Å²) < 4.78 is 26.1. The fraction of sp³-hybridized carbons (Fsp3) is 1.00. The van der Waals surface area contributed by atoms with Crippen molar-refractivity contribution in [2.75, 3.05) is 18.2 Å². The fourth-order valence-corrected chi connectivity index (χ4v) is 3.23. The number of rotatable bonds is 9. The standard InChI is InChI=1S/C10H22ClNO3S/c1-3-10(2,6-8-13)12-16(14,15)9-5-4-7-11/h12-13H,3-9H2,1-2H3. The van der Waals surface area contributed by atoms with Gasteiger partial charge in [0.05, 0.1) is 5.75 Å². The molecule has 0 radical (unpaired) electrons. The lowest BCUT2D eigenvalue weighted by Gasteiger charge is -2.28. The van der Waals surface area contributed by atoms with E-state index in [1.165, 1.54) is 0 Å². The second kappa shape index (κ2) is 7.48. The summed E-state index contributed by atoms with van der Waals surface area (Å²) in [5, 5.41) is 8.89. The number of aliphatic hydroxyl groups is 1. The van der Waals surface area contributed by atoms with Gasteiger partial charge in [-0.1, -0.05) is 6.92 Å². The van der Waals surface area contributed by atoms with Crippen molar-refractivity contribution in [2.45, 2.75) is 45.1 Å². The van der Waals surface area contributed by atoms with Crippen LogP contribution in [0.25, 0.3) is 0 Å². The van der Waals surface area contributed by atoms with Crippen molar-refractivity contribution >= 4 is 21.6 Å². The molecule has 0 aliphatic rings. The van der Waals surface area contributed by atoms with Gasteiger partial charge in [0.1, 0.15) is 0 Å². The van der Waals surface area contributed by atoms with E-state index in [0.29, 0.717) is 31.6 Å². The molecule has 0 aliphatic heterocycles. The van der Waals surface area contributed by atoms with E-state index in [1.807, 2.05) is 13.8 Å². The molecule has 4 nitrogen and oxygen atoms in total. The van der Waals surface area contributed by atoms with Crippen LogP contribution >= 0.6 is 11.6 Å². The van der Waals surface area contributed by atoms with Crippen LogP contribution in [0, 0.1) is 0 Å². The van der Waals surface area contributed by atoms with Gasteiger partial charge in [-0.25, -0.2) is 13.1 Å². The van der Waals surface area contributed by atoms with Gasteiger partial charge >= 0.3 is 0 Å². The molecule has 98 valence electrons. The minimum absolute atomic E-state index is 0.0193. The molecule has 0 bridgehead atoms. The number of alkyl halides is 1.